The molecule has 0 aromatic rings. The number of carbonyl (C=O) groups excluding carboxylic acids is 4. The molecule has 3 unspecified atom stereocenters. The first-order valence-corrected chi connectivity index (χ1v) is 51.2. The Kier molecular flexibility index (Phi) is 84.0. The third kappa shape index (κ3) is 84.5. The summed E-state index contributed by atoms with van der Waals surface area (Å²) < 4.78 is 69.1. The highest BCUT2D eigenvalue weighted by Crippen LogP contribution is 2.45. The normalized spacial score (nSPS) is 13.9. The van der Waals surface area contributed by atoms with Crippen molar-refractivity contribution in [1.29, 1.82) is 0 Å². The summed E-state index contributed by atoms with van der Waals surface area (Å²) in [6, 6.07) is 0. The van der Waals surface area contributed by atoms with E-state index in [2.05, 4.69) is 34.6 Å². The molecule has 0 amide bonds. The van der Waals surface area contributed by atoms with E-state index in [4.69, 9.17) is 37.0 Å². The molecule has 0 aliphatic rings. The van der Waals surface area contributed by atoms with E-state index in [1.807, 2.05) is 0 Å². The fraction of sp³-hybridized carbons (Fsp3) is 0.957. The summed E-state index contributed by atoms with van der Waals surface area (Å²) in [5.41, 5.74) is 0. The summed E-state index contributed by atoms with van der Waals surface area (Å²) >= 11 is 0. The zero-order chi connectivity index (χ0) is 81.8. The smallest absolute Gasteiger partial charge is 0.462 e. The van der Waals surface area contributed by atoms with Gasteiger partial charge in [-0.05, 0) is 31.6 Å². The van der Waals surface area contributed by atoms with Gasteiger partial charge in [0.05, 0.1) is 26.4 Å². The van der Waals surface area contributed by atoms with E-state index in [1.54, 1.807) is 0 Å². The van der Waals surface area contributed by atoms with Crippen LogP contribution in [0.2, 0.25) is 0 Å². The minimum Gasteiger partial charge on any atom is -0.462 e. The molecule has 0 saturated carbocycles. The number of hydrogen-bond donors (Lipinski definition) is 3. The Morgan fingerprint density at radius 2 is 0.429 bits per heavy atom. The van der Waals surface area contributed by atoms with Gasteiger partial charge in [-0.3, -0.25) is 37.3 Å². The fourth-order valence-corrected chi connectivity index (χ4v) is 16.3. The summed E-state index contributed by atoms with van der Waals surface area (Å²) in [5, 5.41) is 10.7. The van der Waals surface area contributed by atoms with E-state index in [-0.39, 0.29) is 25.7 Å². The summed E-state index contributed by atoms with van der Waals surface area (Å²) in [6.07, 6.45) is 82.3. The first kappa shape index (κ1) is 110. The van der Waals surface area contributed by atoms with Gasteiger partial charge < -0.3 is 33.8 Å². The standard InChI is InChI=1S/C93H182O17P2/c1-6-10-13-16-19-22-25-28-31-34-37-39-41-44-47-50-53-56-59-62-68-73-78-92(97)109-88(82-103-90(95)76-71-66-60-57-54-51-48-45-43-40-38-35-32-29-26-23-20-17-14-11-7-2)84-107-111(99,100)105-80-87(94)81-106-112(101,102)108-85-89(83-104-91(96)77-72-67-64-63-65-70-75-86(5)9-4)110-93(98)79-74-69-61-58-55-52-49-46-42-36-33-30-27-24-21-18-15-12-8-3/h86-89,94H,6-85H2,1-5H3,(H,99,100)(H,101,102)/t86?,87-,88-,89-/m1/s1. The molecule has 0 aromatic heterocycles. The van der Waals surface area contributed by atoms with E-state index in [0.29, 0.717) is 25.7 Å². The number of aliphatic hydroxyl groups is 1. The molecular formula is C93H182O17P2. The maximum atomic E-state index is 13.2. The lowest BCUT2D eigenvalue weighted by Crippen LogP contribution is -2.30. The van der Waals surface area contributed by atoms with Gasteiger partial charge in [0, 0.05) is 25.7 Å². The number of phosphoric acid groups is 2. The highest BCUT2D eigenvalue weighted by molar-refractivity contribution is 7.47. The Balaban J connectivity index is 5.21. The maximum Gasteiger partial charge on any atom is 0.472 e. The number of rotatable bonds is 93. The van der Waals surface area contributed by atoms with Crippen LogP contribution in [-0.4, -0.2) is 96.7 Å². The van der Waals surface area contributed by atoms with Crippen LogP contribution in [0.15, 0.2) is 0 Å². The molecule has 17 nitrogen and oxygen atoms in total. The van der Waals surface area contributed by atoms with Gasteiger partial charge in [-0.2, -0.15) is 0 Å². The van der Waals surface area contributed by atoms with Gasteiger partial charge in [0.1, 0.15) is 19.3 Å². The number of phosphoric ester groups is 2. The zero-order valence-electron chi connectivity index (χ0n) is 73.8. The molecule has 0 aliphatic carbocycles. The van der Waals surface area contributed by atoms with Crippen LogP contribution in [0.3, 0.4) is 0 Å². The molecule has 666 valence electrons. The highest BCUT2D eigenvalue weighted by Gasteiger charge is 2.31. The monoisotopic (exact) mass is 1630 g/mol. The molecule has 0 saturated heterocycles. The van der Waals surface area contributed by atoms with Crippen molar-refractivity contribution in [3.05, 3.63) is 0 Å². The van der Waals surface area contributed by atoms with Crippen LogP contribution < -0.4 is 0 Å². The molecule has 0 fully saturated rings. The largest absolute Gasteiger partial charge is 0.472 e. The molecule has 0 spiro atoms. The molecule has 0 bridgehead atoms. The molecule has 0 heterocycles. The van der Waals surface area contributed by atoms with E-state index < -0.39 is 97.5 Å². The van der Waals surface area contributed by atoms with E-state index in [9.17, 15) is 43.2 Å². The van der Waals surface area contributed by atoms with Crippen molar-refractivity contribution in [3.63, 3.8) is 0 Å². The lowest BCUT2D eigenvalue weighted by atomic mass is 10.00. The van der Waals surface area contributed by atoms with Crippen LogP contribution in [0.4, 0.5) is 0 Å². The molecule has 0 aromatic carbocycles. The number of esters is 4. The molecule has 0 radical (unpaired) electrons. The van der Waals surface area contributed by atoms with Crippen LogP contribution >= 0.6 is 15.6 Å². The average Bonchev–Trinajstić information content (AvgIpc) is 0.898. The lowest BCUT2D eigenvalue weighted by molar-refractivity contribution is -0.161. The number of hydrogen-bond acceptors (Lipinski definition) is 15. The summed E-state index contributed by atoms with van der Waals surface area (Å²) in [5.74, 6) is -1.36. The molecule has 6 atom stereocenters. The van der Waals surface area contributed by atoms with E-state index in [0.717, 1.165) is 102 Å². The van der Waals surface area contributed by atoms with Gasteiger partial charge in [-0.15, -0.1) is 0 Å². The van der Waals surface area contributed by atoms with Crippen molar-refractivity contribution in [1.82, 2.24) is 0 Å². The van der Waals surface area contributed by atoms with Crippen LogP contribution in [0.5, 0.6) is 0 Å². The zero-order valence-corrected chi connectivity index (χ0v) is 75.6. The third-order valence-corrected chi connectivity index (χ3v) is 24.3. The minimum atomic E-state index is -4.97. The van der Waals surface area contributed by atoms with Gasteiger partial charge in [0.15, 0.2) is 12.2 Å². The summed E-state index contributed by atoms with van der Waals surface area (Å²) in [6.45, 7) is 7.36. The number of aliphatic hydroxyl groups excluding tert-OH is 1. The first-order valence-electron chi connectivity index (χ1n) is 48.2. The Labute approximate surface area is 689 Å². The second-order valence-electron chi connectivity index (χ2n) is 33.6. The highest BCUT2D eigenvalue weighted by atomic mass is 31.2. The lowest BCUT2D eigenvalue weighted by Gasteiger charge is -2.21. The second-order valence-corrected chi connectivity index (χ2v) is 36.6. The summed E-state index contributed by atoms with van der Waals surface area (Å²) in [4.78, 5) is 73.4. The molecule has 0 aliphatic heterocycles. The van der Waals surface area contributed by atoms with Crippen LogP contribution in [0.25, 0.3) is 0 Å². The van der Waals surface area contributed by atoms with Crippen LogP contribution in [0, 0.1) is 5.92 Å². The molecular weight excluding hydrogens is 1450 g/mol. The minimum absolute atomic E-state index is 0.108. The predicted octanol–water partition coefficient (Wildman–Crippen LogP) is 29.1. The Morgan fingerprint density at radius 1 is 0.250 bits per heavy atom. The fourth-order valence-electron chi connectivity index (χ4n) is 14.7. The first-order chi connectivity index (χ1) is 54.6. The SMILES string of the molecule is CCCCCCCCCCCCCCCCCCCCCCCCC(=O)O[C@H](COC(=O)CCCCCCCCCCCCCCCCCCCCCCC)COP(=O)(O)OC[C@@H](O)COP(=O)(O)OC[C@@H](COC(=O)CCCCCCCCC(C)CC)OC(=O)CCCCCCCCCCCCCCCCCCCCC. The summed E-state index contributed by atoms with van der Waals surface area (Å²) in [7, 11) is -9.94. The average molecular weight is 1630 g/mol. The van der Waals surface area contributed by atoms with E-state index >= 15 is 0 Å². The Bertz CT molecular complexity index is 2120. The number of carbonyl (C=O) groups is 4. The van der Waals surface area contributed by atoms with Crippen LogP contribution in [0.1, 0.15) is 510 Å². The molecule has 3 N–H and O–H groups in total. The Morgan fingerprint density at radius 3 is 0.634 bits per heavy atom. The molecule has 19 heteroatoms. The van der Waals surface area contributed by atoms with Gasteiger partial charge >= 0.3 is 39.5 Å². The molecule has 0 rings (SSSR count). The molecule has 112 heavy (non-hydrogen) atoms. The van der Waals surface area contributed by atoms with Gasteiger partial charge in [-0.25, -0.2) is 9.13 Å². The second kappa shape index (κ2) is 85.5. The van der Waals surface area contributed by atoms with Crippen molar-refractivity contribution in [2.45, 2.75) is 528 Å². The topological polar surface area (TPSA) is 237 Å². The van der Waals surface area contributed by atoms with E-state index in [1.165, 1.54) is 327 Å². The van der Waals surface area contributed by atoms with Crippen molar-refractivity contribution >= 4 is 39.5 Å². The number of ether oxygens (including phenoxy) is 4. The third-order valence-electron chi connectivity index (χ3n) is 22.4. The van der Waals surface area contributed by atoms with Crippen LogP contribution in [-0.2, 0) is 65.4 Å². The van der Waals surface area contributed by atoms with Gasteiger partial charge in [0.2, 0.25) is 0 Å². The van der Waals surface area contributed by atoms with Gasteiger partial charge in [0.25, 0.3) is 0 Å². The van der Waals surface area contributed by atoms with Crippen molar-refractivity contribution in [2.75, 3.05) is 39.6 Å². The van der Waals surface area contributed by atoms with Crippen molar-refractivity contribution < 1.29 is 80.2 Å². The Hall–Kier alpha value is -1.94. The van der Waals surface area contributed by atoms with Crippen molar-refractivity contribution in [3.8, 4) is 0 Å². The van der Waals surface area contributed by atoms with Crippen molar-refractivity contribution in [2.24, 2.45) is 5.92 Å². The predicted molar refractivity (Wildman–Crippen MR) is 465 cm³/mol. The number of unbranched alkanes of at least 4 members (excludes halogenated alkanes) is 64. The maximum absolute atomic E-state index is 13.2. The van der Waals surface area contributed by atoms with Gasteiger partial charge in [-0.1, -0.05) is 458 Å². The quantitative estimate of drug-likeness (QED) is 0.0222.